The van der Waals surface area contributed by atoms with Gasteiger partial charge in [0.25, 0.3) is 0 Å². The minimum Gasteiger partial charge on any atom is -0.480 e. The largest absolute Gasteiger partial charge is 0.480 e. The first-order valence-electron chi connectivity index (χ1n) is 11.0. The van der Waals surface area contributed by atoms with E-state index in [1.54, 1.807) is 26.0 Å². The summed E-state index contributed by atoms with van der Waals surface area (Å²) in [5.41, 5.74) is 0.271. The summed E-state index contributed by atoms with van der Waals surface area (Å²) in [4.78, 5) is 49.6. The first kappa shape index (κ1) is 24.4. The number of aryl methyl sites for hydroxylation is 1. The van der Waals surface area contributed by atoms with Crippen molar-refractivity contribution in [3.05, 3.63) is 29.8 Å². The number of amides is 2. The number of carboxylic acids is 1. The topological polar surface area (TPSA) is 133 Å². The second kappa shape index (κ2) is 9.73. The van der Waals surface area contributed by atoms with E-state index in [-0.39, 0.29) is 6.16 Å². The Morgan fingerprint density at radius 2 is 1.94 bits per heavy atom. The number of hydrogen-bond donors (Lipinski definition) is 3. The van der Waals surface area contributed by atoms with Crippen LogP contribution >= 0.6 is 7.60 Å². The first-order chi connectivity index (χ1) is 15.0. The van der Waals surface area contributed by atoms with Gasteiger partial charge in [0.2, 0.25) is 11.8 Å². The van der Waals surface area contributed by atoms with E-state index in [9.17, 15) is 28.9 Å². The van der Waals surface area contributed by atoms with Crippen LogP contribution in [0.2, 0.25) is 0 Å². The average Bonchev–Trinajstić information content (AvgIpc) is 3.12. The van der Waals surface area contributed by atoms with E-state index in [1.165, 1.54) is 4.90 Å². The third-order valence-electron chi connectivity index (χ3n) is 6.07. The second-order valence-corrected chi connectivity index (χ2v) is 10.8. The smallest absolute Gasteiger partial charge is 0.329 e. The van der Waals surface area contributed by atoms with E-state index in [0.717, 1.165) is 18.4 Å². The molecule has 1 aliphatic carbocycles. The Morgan fingerprint density at radius 1 is 1.28 bits per heavy atom. The summed E-state index contributed by atoms with van der Waals surface area (Å²) in [6, 6.07) is 6.18. The Balaban J connectivity index is 1.83. The fraction of sp³-hybridized carbons (Fsp3) is 0.591. The monoisotopic (exact) mass is 466 g/mol. The van der Waals surface area contributed by atoms with E-state index in [0.29, 0.717) is 31.4 Å². The molecule has 0 radical (unpaired) electrons. The van der Waals surface area contributed by atoms with E-state index in [1.807, 2.05) is 12.1 Å². The number of fused-ring (bicyclic) bond motifs is 1. The molecule has 1 fully saturated rings. The summed E-state index contributed by atoms with van der Waals surface area (Å²) in [6.45, 7) is 2.80. The van der Waals surface area contributed by atoms with Gasteiger partial charge in [-0.3, -0.25) is 23.8 Å². The van der Waals surface area contributed by atoms with Crippen LogP contribution in [-0.4, -0.2) is 52.6 Å². The molecule has 9 nitrogen and oxygen atoms in total. The number of nitrogens with one attached hydrogen (secondary N) is 1. The van der Waals surface area contributed by atoms with Crippen LogP contribution in [0.3, 0.4) is 0 Å². The minimum atomic E-state index is -4.01. The second-order valence-electron chi connectivity index (χ2n) is 8.95. The van der Waals surface area contributed by atoms with Gasteiger partial charge in [0, 0.05) is 5.69 Å². The summed E-state index contributed by atoms with van der Waals surface area (Å²) >= 11 is 0. The maximum Gasteiger partial charge on any atom is 0.329 e. The number of carbonyl (C=O) groups is 3. The molecule has 2 unspecified atom stereocenters. The van der Waals surface area contributed by atoms with Gasteiger partial charge in [-0.2, -0.15) is 0 Å². The predicted molar refractivity (Wildman–Crippen MR) is 118 cm³/mol. The molecule has 1 aliphatic heterocycles. The van der Waals surface area contributed by atoms with Crippen molar-refractivity contribution in [3.63, 3.8) is 0 Å². The highest BCUT2D eigenvalue weighted by Gasteiger charge is 2.48. The van der Waals surface area contributed by atoms with Gasteiger partial charge in [-0.05, 0) is 51.2 Å². The van der Waals surface area contributed by atoms with Crippen molar-refractivity contribution in [1.29, 1.82) is 0 Å². The third kappa shape index (κ3) is 5.57. The zero-order chi connectivity index (χ0) is 23.5. The number of aliphatic carboxylic acids is 1. The van der Waals surface area contributed by atoms with Gasteiger partial charge in [0.15, 0.2) is 0 Å². The summed E-state index contributed by atoms with van der Waals surface area (Å²) in [6.07, 6.45) is 2.39. The molecule has 0 aromatic heterocycles. The number of rotatable bonds is 8. The van der Waals surface area contributed by atoms with Crippen molar-refractivity contribution in [2.45, 2.75) is 64.5 Å². The molecular weight excluding hydrogens is 435 g/mol. The predicted octanol–water partition coefficient (Wildman–Crippen LogP) is 2.71. The molecule has 3 N–H and O–H groups in total. The van der Waals surface area contributed by atoms with Crippen LogP contribution in [0.4, 0.5) is 5.69 Å². The molecule has 3 rings (SSSR count). The SMILES string of the molecule is CC(C)OP(=O)(O)CC1(C(=O)NC2CCc3ccccc3N(CC(=O)O)C2=O)CCCC1. The Kier molecular flexibility index (Phi) is 7.43. The van der Waals surface area contributed by atoms with Crippen molar-refractivity contribution < 1.29 is 33.5 Å². The van der Waals surface area contributed by atoms with Crippen LogP contribution in [-0.2, 0) is 29.9 Å². The molecule has 1 aromatic carbocycles. The van der Waals surface area contributed by atoms with Crippen LogP contribution in [0, 0.1) is 5.41 Å². The van der Waals surface area contributed by atoms with Gasteiger partial charge in [0.1, 0.15) is 12.6 Å². The Morgan fingerprint density at radius 3 is 2.56 bits per heavy atom. The lowest BCUT2D eigenvalue weighted by Gasteiger charge is -2.32. The Bertz CT molecular complexity index is 927. The van der Waals surface area contributed by atoms with Gasteiger partial charge < -0.3 is 19.8 Å². The third-order valence-corrected chi connectivity index (χ3v) is 7.82. The standard InChI is InChI=1S/C22H31N2O7P/c1-15(2)31-32(29,30)14-22(11-5-6-12-22)21(28)23-17-10-9-16-7-3-4-8-18(16)24(20(17)27)13-19(25)26/h3-4,7-8,15,17H,5-6,9-14H2,1-2H3,(H,23,28)(H,25,26)(H,29,30). The molecule has 1 aromatic rings. The number of anilines is 1. The molecule has 10 heteroatoms. The van der Waals surface area contributed by atoms with E-state index in [2.05, 4.69) is 5.32 Å². The van der Waals surface area contributed by atoms with E-state index < -0.39 is 49.5 Å². The van der Waals surface area contributed by atoms with Gasteiger partial charge >= 0.3 is 13.6 Å². The number of carboxylic acid groups (broad SMARTS) is 1. The molecule has 2 atom stereocenters. The number of hydrogen-bond acceptors (Lipinski definition) is 5. The van der Waals surface area contributed by atoms with Crippen LogP contribution in [0.15, 0.2) is 24.3 Å². The van der Waals surface area contributed by atoms with Crippen molar-refractivity contribution in [3.8, 4) is 0 Å². The molecule has 2 aliphatic rings. The maximum absolute atomic E-state index is 13.4. The van der Waals surface area contributed by atoms with Crippen LogP contribution < -0.4 is 10.2 Å². The van der Waals surface area contributed by atoms with Gasteiger partial charge in [-0.1, -0.05) is 31.0 Å². The Hall–Kier alpha value is -2.22. The molecule has 32 heavy (non-hydrogen) atoms. The zero-order valence-corrected chi connectivity index (χ0v) is 19.3. The fourth-order valence-electron chi connectivity index (χ4n) is 4.72. The quantitative estimate of drug-likeness (QED) is 0.502. The molecule has 1 saturated carbocycles. The van der Waals surface area contributed by atoms with Gasteiger partial charge in [-0.15, -0.1) is 0 Å². The lowest BCUT2D eigenvalue weighted by atomic mass is 9.87. The average molecular weight is 466 g/mol. The molecule has 0 spiro atoms. The summed E-state index contributed by atoms with van der Waals surface area (Å²) in [5, 5.41) is 12.1. The molecule has 2 amide bonds. The number of nitrogens with zero attached hydrogens (tertiary/aromatic N) is 1. The van der Waals surface area contributed by atoms with Crippen molar-refractivity contribution >= 4 is 31.1 Å². The van der Waals surface area contributed by atoms with Crippen molar-refractivity contribution in [1.82, 2.24) is 5.32 Å². The summed E-state index contributed by atoms with van der Waals surface area (Å²) in [5.74, 6) is -2.10. The highest BCUT2D eigenvalue weighted by molar-refractivity contribution is 7.52. The van der Waals surface area contributed by atoms with E-state index in [4.69, 9.17) is 4.52 Å². The molecule has 176 valence electrons. The number of benzene rings is 1. The lowest BCUT2D eigenvalue weighted by molar-refractivity contribution is -0.137. The fourth-order valence-corrected chi connectivity index (χ4v) is 6.68. The van der Waals surface area contributed by atoms with Crippen LogP contribution in [0.1, 0.15) is 51.5 Å². The summed E-state index contributed by atoms with van der Waals surface area (Å²) in [7, 11) is -4.01. The highest BCUT2D eigenvalue weighted by Crippen LogP contribution is 2.53. The van der Waals surface area contributed by atoms with Crippen molar-refractivity contribution in [2.24, 2.45) is 5.41 Å². The first-order valence-corrected chi connectivity index (χ1v) is 12.7. The summed E-state index contributed by atoms with van der Waals surface area (Å²) < 4.78 is 17.8. The molecule has 0 bridgehead atoms. The highest BCUT2D eigenvalue weighted by atomic mass is 31.2. The van der Waals surface area contributed by atoms with Crippen LogP contribution in [0.5, 0.6) is 0 Å². The zero-order valence-electron chi connectivity index (χ0n) is 18.5. The molecule has 1 heterocycles. The Labute approximate surface area is 187 Å². The van der Waals surface area contributed by atoms with Crippen LogP contribution in [0.25, 0.3) is 0 Å². The minimum absolute atomic E-state index is 0.302. The van der Waals surface area contributed by atoms with Gasteiger partial charge in [-0.25, -0.2) is 0 Å². The van der Waals surface area contributed by atoms with E-state index >= 15 is 0 Å². The molecule has 0 saturated heterocycles. The maximum atomic E-state index is 13.4. The lowest BCUT2D eigenvalue weighted by Crippen LogP contribution is -2.53. The molecular formula is C22H31N2O7P. The number of para-hydroxylation sites is 1. The van der Waals surface area contributed by atoms with Gasteiger partial charge in [0.05, 0.1) is 17.7 Å². The number of carbonyl (C=O) groups excluding carboxylic acids is 2. The normalized spacial score (nSPS) is 22.2. The van der Waals surface area contributed by atoms with Crippen molar-refractivity contribution in [2.75, 3.05) is 17.6 Å².